The SMILES string of the molecule is Cc1ccc(SC[C@@H](CCN2CCOCC2)Nc2ccc(S(=O)(=O)Nc3ncnc4cc(N5CCN(Cc6ccccc6-c6ccc(Cl)cc6)CC5)ccc34)cc2[N+](=O)[O-])cc1. The fourth-order valence-corrected chi connectivity index (χ4v) is 9.99. The van der Waals surface area contributed by atoms with Crippen molar-refractivity contribution < 1.29 is 18.1 Å². The molecule has 1 aromatic heterocycles. The molecule has 0 amide bonds. The van der Waals surface area contributed by atoms with E-state index in [4.69, 9.17) is 16.3 Å². The highest BCUT2D eigenvalue weighted by molar-refractivity contribution is 7.99. The molecule has 3 heterocycles. The second-order valence-electron chi connectivity index (χ2n) is 15.6. The average Bonchev–Trinajstić information content (AvgIpc) is 3.29. The molecule has 16 heteroatoms. The van der Waals surface area contributed by atoms with Gasteiger partial charge in [-0.05, 0) is 84.6 Å². The Morgan fingerprint density at radius 2 is 1.63 bits per heavy atom. The second-order valence-corrected chi connectivity index (χ2v) is 18.8. The highest BCUT2D eigenvalue weighted by atomic mass is 35.5. The lowest BCUT2D eigenvalue weighted by molar-refractivity contribution is -0.384. The number of thioether (sulfide) groups is 1. The van der Waals surface area contributed by atoms with E-state index in [0.29, 0.717) is 34.9 Å². The predicted octanol–water partition coefficient (Wildman–Crippen LogP) is 8.58. The zero-order valence-electron chi connectivity index (χ0n) is 34.5. The number of aryl methyl sites for hydroxylation is 1. The summed E-state index contributed by atoms with van der Waals surface area (Å²) in [5, 5.41) is 17.1. The van der Waals surface area contributed by atoms with E-state index >= 15 is 0 Å². The fourth-order valence-electron chi connectivity index (χ4n) is 7.85. The molecule has 2 aliphatic rings. The maximum atomic E-state index is 13.9. The van der Waals surface area contributed by atoms with Crippen molar-refractivity contribution in [3.63, 3.8) is 0 Å². The summed E-state index contributed by atoms with van der Waals surface area (Å²) in [6, 6.07) is 34.2. The molecular weight excluding hydrogens is 844 g/mol. The zero-order valence-corrected chi connectivity index (χ0v) is 36.8. The molecule has 8 rings (SSSR count). The molecular formula is C46H49ClN8O5S2. The summed E-state index contributed by atoms with van der Waals surface area (Å²) in [6.07, 6.45) is 2.05. The van der Waals surface area contributed by atoms with Gasteiger partial charge in [0.25, 0.3) is 15.7 Å². The molecule has 13 nitrogen and oxygen atoms in total. The molecule has 0 saturated carbocycles. The largest absolute Gasteiger partial charge is 0.379 e. The summed E-state index contributed by atoms with van der Waals surface area (Å²) >= 11 is 7.82. The number of piperazine rings is 1. The Kier molecular flexibility index (Phi) is 13.9. The summed E-state index contributed by atoms with van der Waals surface area (Å²) in [5.74, 6) is 0.748. The number of nitrogens with one attached hydrogen (secondary N) is 2. The summed E-state index contributed by atoms with van der Waals surface area (Å²) in [5.41, 5.74) is 6.25. The monoisotopic (exact) mass is 892 g/mol. The van der Waals surface area contributed by atoms with Crippen molar-refractivity contribution in [2.45, 2.75) is 35.7 Å². The molecule has 2 saturated heterocycles. The van der Waals surface area contributed by atoms with Crippen LogP contribution in [-0.2, 0) is 21.3 Å². The van der Waals surface area contributed by atoms with Crippen LogP contribution in [0.4, 0.5) is 22.9 Å². The smallest absolute Gasteiger partial charge is 0.293 e. The zero-order chi connectivity index (χ0) is 43.1. The quantitative estimate of drug-likeness (QED) is 0.0545. The van der Waals surface area contributed by atoms with E-state index in [9.17, 15) is 18.5 Å². The van der Waals surface area contributed by atoms with Crippen LogP contribution in [0.2, 0.25) is 5.02 Å². The number of benzene rings is 5. The molecule has 0 radical (unpaired) electrons. The molecule has 2 fully saturated rings. The third kappa shape index (κ3) is 10.8. The lowest BCUT2D eigenvalue weighted by Gasteiger charge is -2.36. The number of ether oxygens (including phenoxy) is 1. The van der Waals surface area contributed by atoms with Gasteiger partial charge in [0.2, 0.25) is 0 Å². The van der Waals surface area contributed by atoms with Crippen LogP contribution in [-0.4, -0.2) is 104 Å². The van der Waals surface area contributed by atoms with Crippen molar-refractivity contribution in [1.82, 2.24) is 19.8 Å². The third-order valence-electron chi connectivity index (χ3n) is 11.4. The van der Waals surface area contributed by atoms with Crippen LogP contribution < -0.4 is 14.9 Å². The van der Waals surface area contributed by atoms with E-state index < -0.39 is 14.9 Å². The van der Waals surface area contributed by atoms with E-state index in [2.05, 4.69) is 95.4 Å². The van der Waals surface area contributed by atoms with Gasteiger partial charge in [-0.2, -0.15) is 0 Å². The molecule has 0 spiro atoms. The van der Waals surface area contributed by atoms with Gasteiger partial charge in [-0.25, -0.2) is 18.4 Å². The number of anilines is 3. The van der Waals surface area contributed by atoms with Crippen molar-refractivity contribution in [1.29, 1.82) is 0 Å². The molecule has 322 valence electrons. The minimum atomic E-state index is -4.28. The van der Waals surface area contributed by atoms with Crippen molar-refractivity contribution in [3.8, 4) is 11.1 Å². The minimum absolute atomic E-state index is 0.0897. The number of nitro groups is 1. The van der Waals surface area contributed by atoms with Gasteiger partial charge in [-0.3, -0.25) is 24.6 Å². The number of fused-ring (bicyclic) bond motifs is 1. The molecule has 2 aliphatic heterocycles. The average molecular weight is 894 g/mol. The van der Waals surface area contributed by atoms with Crippen LogP contribution in [0.25, 0.3) is 22.0 Å². The molecule has 2 N–H and O–H groups in total. The van der Waals surface area contributed by atoms with Gasteiger partial charge in [-0.1, -0.05) is 65.7 Å². The van der Waals surface area contributed by atoms with Crippen molar-refractivity contribution >= 4 is 67.2 Å². The summed E-state index contributed by atoms with van der Waals surface area (Å²) in [6.45, 7) is 10.0. The molecule has 0 unspecified atom stereocenters. The lowest BCUT2D eigenvalue weighted by Crippen LogP contribution is -2.46. The molecule has 5 aromatic carbocycles. The van der Waals surface area contributed by atoms with Gasteiger partial charge in [0.1, 0.15) is 12.0 Å². The Morgan fingerprint density at radius 3 is 2.39 bits per heavy atom. The highest BCUT2D eigenvalue weighted by Crippen LogP contribution is 2.33. The van der Waals surface area contributed by atoms with E-state index in [0.717, 1.165) is 81.0 Å². The van der Waals surface area contributed by atoms with Gasteiger partial charge < -0.3 is 15.0 Å². The normalized spacial score (nSPS) is 15.7. The molecule has 1 atom stereocenters. The van der Waals surface area contributed by atoms with Crippen LogP contribution in [0.15, 0.2) is 125 Å². The maximum absolute atomic E-state index is 13.9. The number of nitro benzene ring substituents is 1. The number of rotatable bonds is 16. The van der Waals surface area contributed by atoms with E-state index in [1.807, 2.05) is 37.3 Å². The van der Waals surface area contributed by atoms with Crippen LogP contribution in [0.3, 0.4) is 0 Å². The first-order valence-corrected chi connectivity index (χ1v) is 23.6. The number of aromatic nitrogens is 2. The fraction of sp³-hybridized carbons (Fsp3) is 0.304. The number of halogens is 1. The standard InChI is InChI=1S/C46H49ClN8O5S2/c1-33-6-13-39(14-7-33)61-31-37(18-19-52-24-26-60-27-25-52)50-43-17-15-40(29-45(43)55(56)57)62(58,59)51-46-42-16-12-38(28-44(42)48-32-49-46)54-22-20-53(21-23-54)30-35-4-2-3-5-41(35)34-8-10-36(47)11-9-34/h2-17,28-29,32,37,50H,18-27,30-31H2,1H3,(H,48,49,51)/t37-/m1/s1. The third-order valence-corrected chi connectivity index (χ3v) is 14.1. The van der Waals surface area contributed by atoms with Gasteiger partial charge in [0.05, 0.1) is 28.5 Å². The Balaban J connectivity index is 0.935. The number of sulfonamides is 1. The number of hydrogen-bond donors (Lipinski definition) is 2. The van der Waals surface area contributed by atoms with Crippen LogP contribution in [0.5, 0.6) is 0 Å². The van der Waals surface area contributed by atoms with E-state index in [-0.39, 0.29) is 28.1 Å². The molecule has 0 aliphatic carbocycles. The molecule has 62 heavy (non-hydrogen) atoms. The Bertz CT molecular complexity index is 2610. The van der Waals surface area contributed by atoms with Crippen molar-refractivity contribution in [3.05, 3.63) is 142 Å². The first-order valence-electron chi connectivity index (χ1n) is 20.7. The summed E-state index contributed by atoms with van der Waals surface area (Å²) in [7, 11) is -4.28. The topological polar surface area (TPSA) is 146 Å². The first-order chi connectivity index (χ1) is 30.1. The minimum Gasteiger partial charge on any atom is -0.379 e. The molecule has 6 aromatic rings. The van der Waals surface area contributed by atoms with Gasteiger partial charge in [-0.15, -0.1) is 11.8 Å². The maximum Gasteiger partial charge on any atom is 0.293 e. The van der Waals surface area contributed by atoms with Crippen LogP contribution >= 0.6 is 23.4 Å². The molecule has 0 bridgehead atoms. The summed E-state index contributed by atoms with van der Waals surface area (Å²) in [4.78, 5) is 28.6. The first kappa shape index (κ1) is 43.4. The van der Waals surface area contributed by atoms with E-state index in [1.54, 1.807) is 11.8 Å². The number of morpholine rings is 1. The van der Waals surface area contributed by atoms with Crippen LogP contribution in [0.1, 0.15) is 17.5 Å². The number of nitrogens with zero attached hydrogens (tertiary/aromatic N) is 6. The van der Waals surface area contributed by atoms with Crippen molar-refractivity contribution in [2.24, 2.45) is 0 Å². The lowest BCUT2D eigenvalue weighted by atomic mass is 9.99. The van der Waals surface area contributed by atoms with Gasteiger partial charge in [0, 0.05) is 91.2 Å². The van der Waals surface area contributed by atoms with Gasteiger partial charge in [0.15, 0.2) is 5.82 Å². The summed E-state index contributed by atoms with van der Waals surface area (Å²) < 4.78 is 35.8. The predicted molar refractivity (Wildman–Crippen MR) is 249 cm³/mol. The van der Waals surface area contributed by atoms with E-state index in [1.165, 1.54) is 35.2 Å². The van der Waals surface area contributed by atoms with Crippen molar-refractivity contribution in [2.75, 3.05) is 79.7 Å². The second kappa shape index (κ2) is 19.8. The van der Waals surface area contributed by atoms with Gasteiger partial charge >= 0.3 is 0 Å². The highest BCUT2D eigenvalue weighted by Gasteiger charge is 2.26. The Hall–Kier alpha value is -5.29. The van der Waals surface area contributed by atoms with Crippen LogP contribution in [0, 0.1) is 17.0 Å². The Labute approximate surface area is 371 Å². The number of hydrogen-bond acceptors (Lipinski definition) is 12. The Morgan fingerprint density at radius 1 is 0.871 bits per heavy atom.